The normalized spacial score (nSPS) is 12.6. The molecule has 1 aromatic rings. The van der Waals surface area contributed by atoms with Crippen LogP contribution < -0.4 is 5.73 Å². The number of benzene rings is 1. The second-order valence-corrected chi connectivity index (χ2v) is 2.69. The third-order valence-electron chi connectivity index (χ3n) is 1.65. The molecule has 0 spiro atoms. The molecular formula is C9H10FNO. The minimum absolute atomic E-state index is 0.365. The lowest BCUT2D eigenvalue weighted by Gasteiger charge is -2.06. The minimum Gasteiger partial charge on any atom is -0.324 e. The highest BCUT2D eigenvalue weighted by Crippen LogP contribution is 2.15. The van der Waals surface area contributed by atoms with Crippen LogP contribution in [-0.2, 0) is 0 Å². The molecule has 1 atom stereocenters. The van der Waals surface area contributed by atoms with Crippen molar-refractivity contribution in [1.82, 2.24) is 0 Å². The van der Waals surface area contributed by atoms with Gasteiger partial charge < -0.3 is 5.73 Å². The predicted molar refractivity (Wildman–Crippen MR) is 44.4 cm³/mol. The lowest BCUT2D eigenvalue weighted by molar-refractivity contribution is 0.112. The second kappa shape index (κ2) is 3.45. The highest BCUT2D eigenvalue weighted by molar-refractivity contribution is 5.75. The van der Waals surface area contributed by atoms with E-state index in [1.54, 1.807) is 6.92 Å². The first kappa shape index (κ1) is 8.87. The molecule has 0 amide bonds. The highest BCUT2D eigenvalue weighted by atomic mass is 19.1. The molecule has 2 nitrogen and oxygen atoms in total. The van der Waals surface area contributed by atoms with Crippen molar-refractivity contribution in [2.75, 3.05) is 0 Å². The third kappa shape index (κ3) is 1.68. The summed E-state index contributed by atoms with van der Waals surface area (Å²) < 4.78 is 13.0. The molecule has 1 rings (SSSR count). The Bertz CT molecular complexity index is 297. The summed E-state index contributed by atoms with van der Waals surface area (Å²) in [6.07, 6.45) is 0.672. The summed E-state index contributed by atoms with van der Waals surface area (Å²) in [5.41, 5.74) is 6.30. The number of hydrogen-bond donors (Lipinski definition) is 1. The van der Waals surface area contributed by atoms with Gasteiger partial charge in [0.25, 0.3) is 0 Å². The molecule has 3 heteroatoms. The van der Waals surface area contributed by atoms with Gasteiger partial charge in [-0.2, -0.15) is 0 Å². The molecular weight excluding hydrogens is 157 g/mol. The first-order valence-corrected chi connectivity index (χ1v) is 3.65. The van der Waals surface area contributed by atoms with E-state index in [4.69, 9.17) is 5.73 Å². The van der Waals surface area contributed by atoms with Crippen molar-refractivity contribution in [2.45, 2.75) is 13.0 Å². The lowest BCUT2D eigenvalue weighted by atomic mass is 10.1. The topological polar surface area (TPSA) is 43.1 Å². The minimum atomic E-state index is -0.384. The van der Waals surface area contributed by atoms with Gasteiger partial charge in [-0.15, -0.1) is 0 Å². The molecule has 0 bridgehead atoms. The maximum absolute atomic E-state index is 13.0. The van der Waals surface area contributed by atoms with Crippen molar-refractivity contribution in [3.63, 3.8) is 0 Å². The number of nitrogens with two attached hydrogens (primary N) is 1. The second-order valence-electron chi connectivity index (χ2n) is 2.69. The van der Waals surface area contributed by atoms with Crippen LogP contribution in [0.4, 0.5) is 4.39 Å². The number of aldehydes is 1. The number of carbonyl (C=O) groups is 1. The van der Waals surface area contributed by atoms with Crippen molar-refractivity contribution in [3.05, 3.63) is 35.1 Å². The molecule has 0 aliphatic carbocycles. The van der Waals surface area contributed by atoms with Gasteiger partial charge in [-0.25, -0.2) is 4.39 Å². The summed E-state index contributed by atoms with van der Waals surface area (Å²) in [7, 11) is 0. The lowest BCUT2D eigenvalue weighted by Crippen LogP contribution is -2.07. The van der Waals surface area contributed by atoms with E-state index in [2.05, 4.69) is 0 Å². The van der Waals surface area contributed by atoms with Crippen LogP contribution in [0.2, 0.25) is 0 Å². The summed E-state index contributed by atoms with van der Waals surface area (Å²) in [5, 5.41) is 0. The Morgan fingerprint density at radius 2 is 2.25 bits per heavy atom. The van der Waals surface area contributed by atoms with E-state index < -0.39 is 0 Å². The predicted octanol–water partition coefficient (Wildman–Crippen LogP) is 1.66. The molecule has 1 unspecified atom stereocenters. The van der Waals surface area contributed by atoms with Crippen LogP contribution in [0.15, 0.2) is 18.2 Å². The van der Waals surface area contributed by atoms with E-state index in [1.807, 2.05) is 0 Å². The van der Waals surface area contributed by atoms with Gasteiger partial charge in [0, 0.05) is 17.2 Å². The standard InChI is InChI=1S/C9H10FNO/c1-6(11)8-4-7(5-12)2-3-9(8)10/h2-6H,11H2,1H3. The van der Waals surface area contributed by atoms with Gasteiger partial charge in [-0.05, 0) is 25.1 Å². The maximum Gasteiger partial charge on any atom is 0.150 e. The molecule has 64 valence electrons. The van der Waals surface area contributed by atoms with Crippen LogP contribution in [0.1, 0.15) is 28.9 Å². The van der Waals surface area contributed by atoms with Crippen molar-refractivity contribution in [3.8, 4) is 0 Å². The molecule has 0 aliphatic heterocycles. The van der Waals surface area contributed by atoms with Gasteiger partial charge in [0.1, 0.15) is 12.1 Å². The van der Waals surface area contributed by atoms with Crippen LogP contribution in [0.3, 0.4) is 0 Å². The van der Waals surface area contributed by atoms with Crippen LogP contribution in [0, 0.1) is 5.82 Å². The number of carbonyl (C=O) groups excluding carboxylic acids is 1. The molecule has 1 aromatic carbocycles. The average molecular weight is 167 g/mol. The molecule has 0 fully saturated rings. The summed E-state index contributed by atoms with van der Waals surface area (Å²) in [6, 6.07) is 3.76. The number of rotatable bonds is 2. The van der Waals surface area contributed by atoms with Crippen molar-refractivity contribution in [1.29, 1.82) is 0 Å². The van der Waals surface area contributed by atoms with E-state index in [1.165, 1.54) is 18.2 Å². The zero-order chi connectivity index (χ0) is 9.14. The van der Waals surface area contributed by atoms with Gasteiger partial charge >= 0.3 is 0 Å². The van der Waals surface area contributed by atoms with E-state index in [9.17, 15) is 9.18 Å². The molecule has 12 heavy (non-hydrogen) atoms. The molecule has 0 aliphatic rings. The van der Waals surface area contributed by atoms with E-state index in [0.717, 1.165) is 0 Å². The summed E-state index contributed by atoms with van der Waals surface area (Å²) in [6.45, 7) is 1.67. The smallest absolute Gasteiger partial charge is 0.150 e. The zero-order valence-corrected chi connectivity index (χ0v) is 6.75. The first-order chi connectivity index (χ1) is 5.65. The molecule has 2 N–H and O–H groups in total. The monoisotopic (exact) mass is 167 g/mol. The third-order valence-corrected chi connectivity index (χ3v) is 1.65. The Balaban J connectivity index is 3.16. The van der Waals surface area contributed by atoms with Gasteiger partial charge in [0.05, 0.1) is 0 Å². The fourth-order valence-corrected chi connectivity index (χ4v) is 0.984. The number of halogens is 1. The van der Waals surface area contributed by atoms with Crippen molar-refractivity contribution < 1.29 is 9.18 Å². The Labute approximate surface area is 70.2 Å². The van der Waals surface area contributed by atoms with Crippen LogP contribution >= 0.6 is 0 Å². The molecule has 0 radical (unpaired) electrons. The van der Waals surface area contributed by atoms with Gasteiger partial charge in [0.15, 0.2) is 0 Å². The zero-order valence-electron chi connectivity index (χ0n) is 6.75. The van der Waals surface area contributed by atoms with Crippen molar-refractivity contribution in [2.24, 2.45) is 5.73 Å². The Morgan fingerprint density at radius 1 is 1.58 bits per heavy atom. The fraction of sp³-hybridized carbons (Fsp3) is 0.222. The van der Waals surface area contributed by atoms with Crippen LogP contribution in [0.5, 0.6) is 0 Å². The van der Waals surface area contributed by atoms with E-state index >= 15 is 0 Å². The van der Waals surface area contributed by atoms with Crippen LogP contribution in [0.25, 0.3) is 0 Å². The largest absolute Gasteiger partial charge is 0.324 e. The molecule has 0 heterocycles. The highest BCUT2D eigenvalue weighted by Gasteiger charge is 2.06. The molecule has 0 saturated carbocycles. The first-order valence-electron chi connectivity index (χ1n) is 3.65. The van der Waals surface area contributed by atoms with Crippen molar-refractivity contribution >= 4 is 6.29 Å². The van der Waals surface area contributed by atoms with Gasteiger partial charge in [-0.3, -0.25) is 4.79 Å². The number of hydrogen-bond acceptors (Lipinski definition) is 2. The van der Waals surface area contributed by atoms with Crippen LogP contribution in [-0.4, -0.2) is 6.29 Å². The van der Waals surface area contributed by atoms with E-state index in [0.29, 0.717) is 17.4 Å². The average Bonchev–Trinajstić information content (AvgIpc) is 2.05. The molecule has 0 aromatic heterocycles. The Kier molecular flexibility index (Phi) is 2.55. The van der Waals surface area contributed by atoms with Gasteiger partial charge in [0.2, 0.25) is 0 Å². The quantitative estimate of drug-likeness (QED) is 0.680. The Hall–Kier alpha value is -1.22. The summed E-state index contributed by atoms with van der Waals surface area (Å²) >= 11 is 0. The van der Waals surface area contributed by atoms with E-state index in [-0.39, 0.29) is 11.9 Å². The molecule has 0 saturated heterocycles. The fourth-order valence-electron chi connectivity index (χ4n) is 0.984. The SMILES string of the molecule is CC(N)c1cc(C=O)ccc1F. The Morgan fingerprint density at radius 3 is 2.75 bits per heavy atom. The maximum atomic E-state index is 13.0. The summed E-state index contributed by atoms with van der Waals surface area (Å²) in [4.78, 5) is 10.3. The summed E-state index contributed by atoms with van der Waals surface area (Å²) in [5.74, 6) is -0.365. The van der Waals surface area contributed by atoms with Gasteiger partial charge in [-0.1, -0.05) is 0 Å².